The molecule has 0 radical (unpaired) electrons. The lowest BCUT2D eigenvalue weighted by Crippen LogP contribution is -2.50. The maximum atomic E-state index is 13.1. The van der Waals surface area contributed by atoms with Crippen LogP contribution in [0.15, 0.2) is 72.9 Å². The third kappa shape index (κ3) is 10.1. The Hall–Kier alpha value is -5.59. The fourth-order valence-electron chi connectivity index (χ4n) is 5.42. The fourth-order valence-corrected chi connectivity index (χ4v) is 5.56. The molecule has 2 aliphatic rings. The molecule has 6 bridgehead atoms. The maximum Gasteiger partial charge on any atom is 0.458 e. The second-order valence-corrected chi connectivity index (χ2v) is 12.2. The summed E-state index contributed by atoms with van der Waals surface area (Å²) in [6.07, 6.45) is -12.9. The fraction of sp³-hybridized carbons (Fsp3) is 0.265. The molecule has 0 atom stereocenters. The Bertz CT molecular complexity index is 2010. The Morgan fingerprint density at radius 3 is 2.04 bits per heavy atom. The number of urea groups is 1. The number of alkyl halides is 9. The molecule has 0 aliphatic carbocycles. The van der Waals surface area contributed by atoms with Gasteiger partial charge in [-0.2, -0.15) is 44.5 Å². The normalized spacial score (nSPS) is 14.5. The second kappa shape index (κ2) is 15.8. The van der Waals surface area contributed by atoms with Gasteiger partial charge in [-0.1, -0.05) is 29.8 Å². The number of halogens is 10. The molecule has 3 heterocycles. The molecular formula is C34H27ClF9N7O3. The van der Waals surface area contributed by atoms with E-state index >= 15 is 0 Å². The van der Waals surface area contributed by atoms with E-state index in [0.717, 1.165) is 53.2 Å². The van der Waals surface area contributed by atoms with Crippen LogP contribution in [0.25, 0.3) is 0 Å². The summed E-state index contributed by atoms with van der Waals surface area (Å²) in [5.41, 5.74) is 4.39. The molecule has 6 rings (SSSR count). The van der Waals surface area contributed by atoms with Crippen LogP contribution in [-0.4, -0.2) is 71.0 Å². The number of amides is 2. The number of hydrogen-bond donors (Lipinski definition) is 3. The van der Waals surface area contributed by atoms with Crippen molar-refractivity contribution in [1.82, 2.24) is 14.9 Å². The Balaban J connectivity index is 0.000000404. The zero-order valence-electron chi connectivity index (χ0n) is 27.5. The minimum absolute atomic E-state index is 0.113. The highest BCUT2D eigenvalue weighted by atomic mass is 35.5. The molecule has 54 heavy (non-hydrogen) atoms. The summed E-state index contributed by atoms with van der Waals surface area (Å²) in [6.45, 7) is 2.02. The first kappa shape index (κ1) is 39.6. The van der Waals surface area contributed by atoms with E-state index in [1.165, 1.54) is 12.1 Å². The Kier molecular flexibility index (Phi) is 11.6. The number of piperazine rings is 1. The highest BCUT2D eigenvalue weighted by Crippen LogP contribution is 2.33. The highest BCUT2D eigenvalue weighted by Gasteiger charge is 2.54. The molecule has 10 nitrogen and oxygen atoms in total. The monoisotopic (exact) mass is 787 g/mol. The van der Waals surface area contributed by atoms with Crippen LogP contribution in [0.1, 0.15) is 16.7 Å². The van der Waals surface area contributed by atoms with Crippen molar-refractivity contribution >= 4 is 63.7 Å². The summed E-state index contributed by atoms with van der Waals surface area (Å²) in [6, 6.07) is 18.5. The van der Waals surface area contributed by atoms with E-state index in [0.29, 0.717) is 43.0 Å². The molecule has 0 unspecified atom stereocenters. The maximum absolute atomic E-state index is 13.1. The van der Waals surface area contributed by atoms with E-state index in [1.807, 2.05) is 18.2 Å². The van der Waals surface area contributed by atoms with Crippen molar-refractivity contribution in [3.05, 3.63) is 94.6 Å². The minimum atomic E-state index is -5.77. The molecular weight excluding hydrogens is 761 g/mol. The predicted molar refractivity (Wildman–Crippen MR) is 180 cm³/mol. The number of fused-ring (bicyclic) bond motifs is 6. The van der Waals surface area contributed by atoms with Gasteiger partial charge >= 0.3 is 36.1 Å². The van der Waals surface area contributed by atoms with E-state index in [9.17, 15) is 53.9 Å². The largest absolute Gasteiger partial charge is 0.458 e. The van der Waals surface area contributed by atoms with Crippen molar-refractivity contribution in [2.75, 3.05) is 47.0 Å². The number of carbonyl (C=O) groups is 3. The molecule has 1 fully saturated rings. The van der Waals surface area contributed by atoms with Crippen LogP contribution < -0.4 is 20.9 Å². The van der Waals surface area contributed by atoms with E-state index in [-0.39, 0.29) is 5.69 Å². The smallest absolute Gasteiger partial charge is 0.368 e. The van der Waals surface area contributed by atoms with Crippen LogP contribution >= 0.6 is 11.6 Å². The highest BCUT2D eigenvalue weighted by molar-refractivity contribution is 6.41. The molecule has 20 heteroatoms. The van der Waals surface area contributed by atoms with Crippen molar-refractivity contribution < 1.29 is 53.9 Å². The van der Waals surface area contributed by atoms with Crippen molar-refractivity contribution in [3.8, 4) is 0 Å². The van der Waals surface area contributed by atoms with Gasteiger partial charge in [-0.05, 0) is 72.5 Å². The standard InChI is InChI=1S/C30H27ClF3N7O.C4F6O2/c31-25-18-35-28-37-22-5-1-3-19(15-22)7-8-20-16-24(36-27(25)39-28)9-10-26(20)40-11-13-41(14-12-40)29(42)38-23-6-2-4-21(17-23)30(32,33)34;5-3(6,7)1(11)2(12)4(8,9)10/h1-6,9-10,15-18H,7-8,11-14H2,(H,38,42)(H2,35,36,37,39);. The lowest BCUT2D eigenvalue weighted by atomic mass is 10.0. The number of nitrogens with one attached hydrogen (secondary N) is 3. The molecule has 2 amide bonds. The number of aryl methyl sites for hydroxylation is 2. The Morgan fingerprint density at radius 1 is 0.741 bits per heavy atom. The number of rotatable bonds is 3. The van der Waals surface area contributed by atoms with E-state index < -0.39 is 41.7 Å². The SMILES string of the molecule is O=C(C(=O)C(F)(F)F)C(F)(F)F.O=C(Nc1cccc(C(F)(F)F)c1)N1CCN(c2ccc3cc2CCc2cccc(c2)Nc2ncc(Cl)c(n2)N3)CC1. The quantitative estimate of drug-likeness (QED) is 0.140. The van der Waals surface area contributed by atoms with E-state index in [2.05, 4.69) is 55.1 Å². The summed E-state index contributed by atoms with van der Waals surface area (Å²) < 4.78 is 106. The third-order valence-electron chi connectivity index (χ3n) is 8.02. The summed E-state index contributed by atoms with van der Waals surface area (Å²) in [5, 5.41) is 9.56. The van der Waals surface area contributed by atoms with Gasteiger partial charge < -0.3 is 25.8 Å². The number of carbonyl (C=O) groups excluding carboxylic acids is 3. The van der Waals surface area contributed by atoms with Gasteiger partial charge in [0.1, 0.15) is 5.02 Å². The zero-order chi connectivity index (χ0) is 39.4. The Labute approximate surface area is 305 Å². The van der Waals surface area contributed by atoms with Gasteiger partial charge in [0.25, 0.3) is 0 Å². The van der Waals surface area contributed by atoms with Gasteiger partial charge in [0.05, 0.1) is 11.8 Å². The number of Topliss-reactive ketones (excluding diaryl/α,β-unsaturated/α-hetero) is 2. The number of hydrogen-bond acceptors (Lipinski definition) is 8. The van der Waals surface area contributed by atoms with Gasteiger partial charge in [-0.3, -0.25) is 9.59 Å². The summed E-state index contributed by atoms with van der Waals surface area (Å²) in [7, 11) is 0. The van der Waals surface area contributed by atoms with Crippen LogP contribution in [0, 0.1) is 0 Å². The summed E-state index contributed by atoms with van der Waals surface area (Å²) in [5.74, 6) is -5.89. The molecule has 3 aromatic carbocycles. The molecule has 4 aromatic rings. The van der Waals surface area contributed by atoms with Crippen molar-refractivity contribution in [2.24, 2.45) is 0 Å². The first-order chi connectivity index (χ1) is 25.3. The van der Waals surface area contributed by atoms with Crippen LogP contribution in [0.4, 0.5) is 78.8 Å². The lowest BCUT2D eigenvalue weighted by Gasteiger charge is -2.37. The summed E-state index contributed by atoms with van der Waals surface area (Å²) >= 11 is 6.39. The number of ketones is 2. The number of nitrogens with zero attached hydrogens (tertiary/aromatic N) is 4. The van der Waals surface area contributed by atoms with E-state index in [1.54, 1.807) is 11.1 Å². The van der Waals surface area contributed by atoms with Gasteiger partial charge in [0.15, 0.2) is 5.82 Å². The van der Waals surface area contributed by atoms with E-state index in [4.69, 9.17) is 11.6 Å². The lowest BCUT2D eigenvalue weighted by molar-refractivity contribution is -0.193. The van der Waals surface area contributed by atoms with Gasteiger partial charge in [0, 0.05) is 48.9 Å². The van der Waals surface area contributed by atoms with Crippen LogP contribution in [0.3, 0.4) is 0 Å². The average Bonchev–Trinajstić information content (AvgIpc) is 3.11. The Morgan fingerprint density at radius 2 is 1.39 bits per heavy atom. The van der Waals surface area contributed by atoms with Gasteiger partial charge in [-0.15, -0.1) is 0 Å². The minimum Gasteiger partial charge on any atom is -0.368 e. The molecule has 1 aromatic heterocycles. The topological polar surface area (TPSA) is 120 Å². The molecule has 286 valence electrons. The summed E-state index contributed by atoms with van der Waals surface area (Å²) in [4.78, 5) is 44.8. The van der Waals surface area contributed by atoms with Crippen LogP contribution in [-0.2, 0) is 28.6 Å². The molecule has 3 N–H and O–H groups in total. The first-order valence-electron chi connectivity index (χ1n) is 15.8. The van der Waals surface area contributed by atoms with Crippen molar-refractivity contribution in [1.29, 1.82) is 0 Å². The molecule has 1 saturated heterocycles. The number of benzene rings is 3. The predicted octanol–water partition coefficient (Wildman–Crippen LogP) is 8.34. The first-order valence-corrected chi connectivity index (χ1v) is 16.1. The zero-order valence-corrected chi connectivity index (χ0v) is 28.2. The number of aromatic nitrogens is 2. The number of anilines is 6. The van der Waals surface area contributed by atoms with Gasteiger partial charge in [-0.25, -0.2) is 9.78 Å². The van der Waals surface area contributed by atoms with Crippen molar-refractivity contribution in [2.45, 2.75) is 31.4 Å². The molecule has 2 aliphatic heterocycles. The van der Waals surface area contributed by atoms with Crippen molar-refractivity contribution in [3.63, 3.8) is 0 Å². The average molecular weight is 788 g/mol. The van der Waals surface area contributed by atoms with Crippen LogP contribution in [0.5, 0.6) is 0 Å². The third-order valence-corrected chi connectivity index (χ3v) is 8.30. The van der Waals surface area contributed by atoms with Crippen LogP contribution in [0.2, 0.25) is 5.02 Å². The second-order valence-electron chi connectivity index (χ2n) is 11.8. The molecule has 0 spiro atoms. The van der Waals surface area contributed by atoms with Gasteiger partial charge in [0.2, 0.25) is 5.95 Å². The molecule has 0 saturated carbocycles.